The van der Waals surface area contributed by atoms with E-state index < -0.39 is 5.41 Å². The highest BCUT2D eigenvalue weighted by Crippen LogP contribution is 2.37. The van der Waals surface area contributed by atoms with Gasteiger partial charge in [-0.15, -0.1) is 0 Å². The average molecular weight is 699 g/mol. The molecule has 6 heteroatoms. The van der Waals surface area contributed by atoms with Gasteiger partial charge in [0.05, 0.1) is 33.9 Å². The summed E-state index contributed by atoms with van der Waals surface area (Å²) in [5, 5.41) is 0. The van der Waals surface area contributed by atoms with Gasteiger partial charge in [0.15, 0.2) is 0 Å². The van der Waals surface area contributed by atoms with Crippen molar-refractivity contribution in [1.82, 2.24) is 0 Å². The van der Waals surface area contributed by atoms with Crippen LogP contribution in [0.3, 0.4) is 0 Å². The molecular formula is C47H42N2O4. The molecule has 0 N–H and O–H groups in total. The van der Waals surface area contributed by atoms with Gasteiger partial charge in [-0.1, -0.05) is 23.7 Å². The number of ether oxygens (including phenoxy) is 4. The predicted octanol–water partition coefficient (Wildman–Crippen LogP) is 11.1. The lowest BCUT2D eigenvalue weighted by molar-refractivity contribution is 0.414. The average Bonchev–Trinajstić information content (AvgIpc) is 3.21. The largest absolute Gasteiger partial charge is 0.497 e. The molecule has 0 radical (unpaired) electrons. The van der Waals surface area contributed by atoms with Gasteiger partial charge < -0.3 is 28.7 Å². The summed E-state index contributed by atoms with van der Waals surface area (Å²) in [6.45, 7) is 4.08. The van der Waals surface area contributed by atoms with Gasteiger partial charge in [0, 0.05) is 45.3 Å². The Morgan fingerprint density at radius 2 is 0.547 bits per heavy atom. The molecule has 0 fully saturated rings. The molecular weight excluding hydrogens is 657 g/mol. The molecule has 6 rings (SSSR count). The van der Waals surface area contributed by atoms with Crippen LogP contribution < -0.4 is 28.7 Å². The zero-order valence-corrected chi connectivity index (χ0v) is 30.9. The number of anilines is 6. The highest BCUT2D eigenvalue weighted by atomic mass is 16.5. The van der Waals surface area contributed by atoms with E-state index in [9.17, 15) is 0 Å². The summed E-state index contributed by atoms with van der Waals surface area (Å²) in [5.74, 6) is 16.7. The molecule has 6 aromatic rings. The molecule has 264 valence electrons. The molecule has 6 nitrogen and oxygen atoms in total. The Hall–Kier alpha value is -6.76. The predicted molar refractivity (Wildman–Crippen MR) is 216 cm³/mol. The van der Waals surface area contributed by atoms with Gasteiger partial charge in [0.1, 0.15) is 23.0 Å². The van der Waals surface area contributed by atoms with Crippen LogP contribution in [0.25, 0.3) is 0 Å². The molecule has 0 amide bonds. The van der Waals surface area contributed by atoms with E-state index >= 15 is 0 Å². The number of hydrogen-bond donors (Lipinski definition) is 0. The fourth-order valence-electron chi connectivity index (χ4n) is 5.70. The molecule has 0 saturated heterocycles. The van der Waals surface area contributed by atoms with Crippen molar-refractivity contribution in [2.75, 3.05) is 38.2 Å². The summed E-state index contributed by atoms with van der Waals surface area (Å²) in [6.07, 6.45) is 0. The maximum Gasteiger partial charge on any atom is 0.119 e. The molecule has 0 aliphatic carbocycles. The molecule has 0 bridgehead atoms. The van der Waals surface area contributed by atoms with Crippen molar-refractivity contribution in [3.05, 3.63) is 157 Å². The van der Waals surface area contributed by atoms with Gasteiger partial charge in [-0.3, -0.25) is 0 Å². The Bertz CT molecular complexity index is 1960. The minimum Gasteiger partial charge on any atom is -0.497 e. The molecule has 0 heterocycles. The van der Waals surface area contributed by atoms with E-state index in [1.54, 1.807) is 28.4 Å². The minimum atomic E-state index is -0.534. The number of benzene rings is 6. The Morgan fingerprint density at radius 1 is 0.340 bits per heavy atom. The summed E-state index contributed by atoms with van der Waals surface area (Å²) in [5.41, 5.74) is 7.33. The highest BCUT2D eigenvalue weighted by Gasteiger charge is 2.15. The molecule has 53 heavy (non-hydrogen) atoms. The lowest BCUT2D eigenvalue weighted by atomic mass is 9.94. The Morgan fingerprint density at radius 3 is 0.755 bits per heavy atom. The van der Waals surface area contributed by atoms with Crippen LogP contribution in [-0.2, 0) is 0 Å². The second-order valence-corrected chi connectivity index (χ2v) is 12.7. The van der Waals surface area contributed by atoms with E-state index in [1.807, 2.05) is 135 Å². The second kappa shape index (κ2) is 16.5. The number of rotatable bonds is 10. The van der Waals surface area contributed by atoms with Crippen molar-refractivity contribution < 1.29 is 18.9 Å². The Labute approximate surface area is 313 Å². The zero-order chi connectivity index (χ0) is 37.2. The van der Waals surface area contributed by atoms with Crippen molar-refractivity contribution in [2.24, 2.45) is 5.41 Å². The lowest BCUT2D eigenvalue weighted by Gasteiger charge is -2.25. The van der Waals surface area contributed by atoms with Crippen LogP contribution in [0.2, 0.25) is 0 Å². The van der Waals surface area contributed by atoms with E-state index in [-0.39, 0.29) is 0 Å². The highest BCUT2D eigenvalue weighted by molar-refractivity contribution is 5.78. The van der Waals surface area contributed by atoms with E-state index in [0.29, 0.717) is 0 Å². The normalized spacial score (nSPS) is 10.5. The fraction of sp³-hybridized carbons (Fsp3) is 0.149. The first-order valence-electron chi connectivity index (χ1n) is 17.2. The van der Waals surface area contributed by atoms with Gasteiger partial charge >= 0.3 is 0 Å². The van der Waals surface area contributed by atoms with E-state index in [0.717, 1.165) is 68.2 Å². The topological polar surface area (TPSA) is 43.4 Å². The van der Waals surface area contributed by atoms with Crippen molar-refractivity contribution in [1.29, 1.82) is 0 Å². The molecule has 0 saturated carbocycles. The zero-order valence-electron chi connectivity index (χ0n) is 30.9. The first-order valence-corrected chi connectivity index (χ1v) is 17.2. The van der Waals surface area contributed by atoms with E-state index in [1.165, 1.54) is 0 Å². The second-order valence-electron chi connectivity index (χ2n) is 12.7. The van der Waals surface area contributed by atoms with Crippen LogP contribution in [0.5, 0.6) is 23.0 Å². The van der Waals surface area contributed by atoms with Crippen LogP contribution in [0.4, 0.5) is 34.1 Å². The quantitative estimate of drug-likeness (QED) is 0.133. The van der Waals surface area contributed by atoms with Gasteiger partial charge in [-0.2, -0.15) is 0 Å². The molecule has 6 aromatic carbocycles. The van der Waals surface area contributed by atoms with Crippen LogP contribution >= 0.6 is 0 Å². The van der Waals surface area contributed by atoms with Gasteiger partial charge in [0.25, 0.3) is 0 Å². The molecule has 0 aromatic heterocycles. The number of methoxy groups -OCH3 is 4. The van der Waals surface area contributed by atoms with Crippen LogP contribution in [-0.4, -0.2) is 28.4 Å². The smallest absolute Gasteiger partial charge is 0.119 e. The van der Waals surface area contributed by atoms with Gasteiger partial charge in [-0.25, -0.2) is 0 Å². The standard InChI is InChI=1S/C47H42N2O4/c1-47(2,33-31-35-7-11-37(12-8-35)48(39-15-23-43(50-3)24-16-39)40-17-25-44(51-4)26-18-40)34-32-36-9-13-38(14-10-36)49(41-19-27-45(52-5)28-20-41)42-21-29-46(53-6)30-22-42/h7-30H,1-6H3. The molecule has 0 atom stereocenters. The molecule has 0 unspecified atom stereocenters. The van der Waals surface area contributed by atoms with Gasteiger partial charge in [-0.05, 0) is 159 Å². The fourth-order valence-corrected chi connectivity index (χ4v) is 5.70. The third kappa shape index (κ3) is 8.95. The monoisotopic (exact) mass is 698 g/mol. The van der Waals surface area contributed by atoms with E-state index in [4.69, 9.17) is 18.9 Å². The lowest BCUT2D eigenvalue weighted by Crippen LogP contribution is -2.10. The van der Waals surface area contributed by atoms with Crippen molar-refractivity contribution in [2.45, 2.75) is 13.8 Å². The van der Waals surface area contributed by atoms with Crippen molar-refractivity contribution in [3.8, 4) is 46.7 Å². The Balaban J connectivity index is 1.20. The third-order valence-corrected chi connectivity index (χ3v) is 8.61. The summed E-state index contributed by atoms with van der Waals surface area (Å²) in [6, 6.07) is 48.6. The van der Waals surface area contributed by atoms with E-state index in [2.05, 4.69) is 57.7 Å². The molecule has 0 aliphatic rings. The first-order chi connectivity index (χ1) is 25.8. The Kier molecular flexibility index (Phi) is 11.2. The number of hydrogen-bond acceptors (Lipinski definition) is 6. The minimum absolute atomic E-state index is 0.534. The third-order valence-electron chi connectivity index (χ3n) is 8.61. The summed E-state index contributed by atoms with van der Waals surface area (Å²) in [7, 11) is 6.68. The first kappa shape index (κ1) is 36.0. The van der Waals surface area contributed by atoms with Crippen LogP contribution in [0, 0.1) is 29.1 Å². The van der Waals surface area contributed by atoms with Crippen molar-refractivity contribution in [3.63, 3.8) is 0 Å². The van der Waals surface area contributed by atoms with Crippen LogP contribution in [0.15, 0.2) is 146 Å². The summed E-state index contributed by atoms with van der Waals surface area (Å²) < 4.78 is 21.6. The maximum atomic E-state index is 5.39. The SMILES string of the molecule is COc1ccc(N(c2ccc(C#CC(C)(C)C#Cc3ccc(N(c4ccc(OC)cc4)c4ccc(OC)cc4)cc3)cc2)c2ccc(OC)cc2)cc1. The molecule has 0 spiro atoms. The van der Waals surface area contributed by atoms with Gasteiger partial charge in [0.2, 0.25) is 0 Å². The van der Waals surface area contributed by atoms with Crippen molar-refractivity contribution >= 4 is 34.1 Å². The molecule has 0 aliphatic heterocycles. The summed E-state index contributed by atoms with van der Waals surface area (Å²) in [4.78, 5) is 4.37. The van der Waals surface area contributed by atoms with Crippen LogP contribution in [0.1, 0.15) is 25.0 Å². The maximum absolute atomic E-state index is 5.39. The summed E-state index contributed by atoms with van der Waals surface area (Å²) >= 11 is 0. The number of nitrogens with zero attached hydrogens (tertiary/aromatic N) is 2.